The van der Waals surface area contributed by atoms with Crippen molar-refractivity contribution in [3.63, 3.8) is 0 Å². The van der Waals surface area contributed by atoms with Gasteiger partial charge in [-0.2, -0.15) is 18.4 Å². The number of rotatable bonds is 2. The Kier molecular flexibility index (Phi) is 3.91. The highest BCUT2D eigenvalue weighted by molar-refractivity contribution is 5.91. The van der Waals surface area contributed by atoms with Gasteiger partial charge in [0.25, 0.3) is 0 Å². The molecule has 0 N–H and O–H groups in total. The molecule has 18 heavy (non-hydrogen) atoms. The van der Waals surface area contributed by atoms with Crippen LogP contribution in [0, 0.1) is 17.1 Å². The highest BCUT2D eigenvalue weighted by Crippen LogP contribution is 2.33. The number of hydrogen-bond donors (Lipinski definition) is 0. The smallest absolute Gasteiger partial charge is 0.419 e. The van der Waals surface area contributed by atoms with E-state index in [-0.39, 0.29) is 11.1 Å². The molecule has 3 nitrogen and oxygen atoms in total. The minimum atomic E-state index is -4.89. The first-order chi connectivity index (χ1) is 8.31. The molecule has 1 rings (SSSR count). The number of halogens is 4. The minimum absolute atomic E-state index is 0.224. The summed E-state index contributed by atoms with van der Waals surface area (Å²) in [7, 11) is 1.01. The molecule has 0 saturated carbocycles. The van der Waals surface area contributed by atoms with Gasteiger partial charge in [0, 0.05) is 0 Å². The van der Waals surface area contributed by atoms with Gasteiger partial charge in [0.2, 0.25) is 0 Å². The number of esters is 1. The minimum Gasteiger partial charge on any atom is -0.465 e. The van der Waals surface area contributed by atoms with Gasteiger partial charge in [-0.05, 0) is 17.7 Å². The summed E-state index contributed by atoms with van der Waals surface area (Å²) in [5.74, 6) is -2.57. The highest BCUT2D eigenvalue weighted by Gasteiger charge is 2.35. The summed E-state index contributed by atoms with van der Waals surface area (Å²) in [4.78, 5) is 11.2. The fraction of sp³-hybridized carbons (Fsp3) is 0.273. The van der Waals surface area contributed by atoms with E-state index in [0.29, 0.717) is 12.1 Å². The largest absolute Gasteiger partial charge is 0.465 e. The van der Waals surface area contributed by atoms with Crippen LogP contribution in [0.25, 0.3) is 0 Å². The van der Waals surface area contributed by atoms with Gasteiger partial charge in [0.05, 0.1) is 30.7 Å². The van der Waals surface area contributed by atoms with Crippen LogP contribution < -0.4 is 0 Å². The number of nitrogens with zero attached hydrogens (tertiary/aromatic N) is 1. The van der Waals surface area contributed by atoms with E-state index in [1.807, 2.05) is 0 Å². The van der Waals surface area contributed by atoms with Crippen molar-refractivity contribution < 1.29 is 27.1 Å². The summed E-state index contributed by atoms with van der Waals surface area (Å²) in [5, 5.41) is 8.48. The van der Waals surface area contributed by atoms with Crippen LogP contribution in [0.15, 0.2) is 12.1 Å². The van der Waals surface area contributed by atoms with Gasteiger partial charge >= 0.3 is 12.1 Å². The second-order valence-electron chi connectivity index (χ2n) is 3.31. The van der Waals surface area contributed by atoms with Crippen molar-refractivity contribution in [2.24, 2.45) is 0 Å². The first kappa shape index (κ1) is 14.0. The number of methoxy groups -OCH3 is 1. The molecule has 0 aromatic heterocycles. The molecule has 0 saturated heterocycles. The van der Waals surface area contributed by atoms with Crippen LogP contribution >= 0.6 is 0 Å². The molecule has 0 bridgehead atoms. The van der Waals surface area contributed by atoms with Gasteiger partial charge in [-0.1, -0.05) is 0 Å². The summed E-state index contributed by atoms with van der Waals surface area (Å²) in [6.45, 7) is 0. The van der Waals surface area contributed by atoms with Crippen molar-refractivity contribution in [1.82, 2.24) is 0 Å². The molecule has 0 fully saturated rings. The standard InChI is InChI=1S/C11H7F4NO2/c1-18-10(17)7-5-9(12)8(11(13,14)15)4-6(7)2-3-16/h4-5H,2H2,1H3. The van der Waals surface area contributed by atoms with E-state index in [0.717, 1.165) is 7.11 Å². The Bertz CT molecular complexity index is 517. The zero-order valence-corrected chi connectivity index (χ0v) is 9.14. The van der Waals surface area contributed by atoms with Crippen molar-refractivity contribution in [1.29, 1.82) is 5.26 Å². The third kappa shape index (κ3) is 2.77. The van der Waals surface area contributed by atoms with Crippen molar-refractivity contribution in [3.8, 4) is 6.07 Å². The van der Waals surface area contributed by atoms with Crippen LogP contribution in [0.1, 0.15) is 21.5 Å². The van der Waals surface area contributed by atoms with Gasteiger partial charge in [-0.15, -0.1) is 0 Å². The molecule has 0 heterocycles. The Labute approximate surface area is 99.6 Å². The maximum absolute atomic E-state index is 13.3. The second kappa shape index (κ2) is 5.04. The fourth-order valence-electron chi connectivity index (χ4n) is 1.37. The normalized spacial score (nSPS) is 10.9. The fourth-order valence-corrected chi connectivity index (χ4v) is 1.37. The maximum Gasteiger partial charge on any atom is 0.419 e. The van der Waals surface area contributed by atoms with E-state index < -0.39 is 29.9 Å². The molecule has 1 aromatic carbocycles. The lowest BCUT2D eigenvalue weighted by Crippen LogP contribution is -2.13. The zero-order valence-electron chi connectivity index (χ0n) is 9.14. The average molecular weight is 261 g/mol. The SMILES string of the molecule is COC(=O)c1cc(F)c(C(F)(F)F)cc1CC#N. The van der Waals surface area contributed by atoms with Crippen molar-refractivity contribution >= 4 is 5.97 Å². The number of carbonyl (C=O) groups excluding carboxylic acids is 1. The molecule has 0 aliphatic carbocycles. The number of hydrogen-bond acceptors (Lipinski definition) is 3. The quantitative estimate of drug-likeness (QED) is 0.607. The predicted molar refractivity (Wildman–Crippen MR) is 52.1 cm³/mol. The average Bonchev–Trinajstić information content (AvgIpc) is 2.28. The number of benzene rings is 1. The third-order valence-electron chi connectivity index (χ3n) is 2.17. The summed E-state index contributed by atoms with van der Waals surface area (Å²) in [6, 6.07) is 2.48. The van der Waals surface area contributed by atoms with Crippen LogP contribution in [-0.2, 0) is 17.3 Å². The van der Waals surface area contributed by atoms with Crippen molar-refractivity contribution in [2.75, 3.05) is 7.11 Å². The molecular weight excluding hydrogens is 254 g/mol. The van der Waals surface area contributed by atoms with E-state index in [4.69, 9.17) is 5.26 Å². The topological polar surface area (TPSA) is 50.1 Å². The van der Waals surface area contributed by atoms with E-state index in [1.165, 1.54) is 0 Å². The predicted octanol–water partition coefficient (Wildman–Crippen LogP) is 2.70. The Morgan fingerprint density at radius 3 is 2.50 bits per heavy atom. The van der Waals surface area contributed by atoms with Gasteiger partial charge in [0.15, 0.2) is 0 Å². The highest BCUT2D eigenvalue weighted by atomic mass is 19.4. The van der Waals surface area contributed by atoms with Gasteiger partial charge < -0.3 is 4.74 Å². The Hall–Kier alpha value is -2.10. The van der Waals surface area contributed by atoms with Crippen LogP contribution in [-0.4, -0.2) is 13.1 Å². The van der Waals surface area contributed by atoms with Crippen LogP contribution in [0.5, 0.6) is 0 Å². The zero-order chi connectivity index (χ0) is 13.9. The van der Waals surface area contributed by atoms with E-state index in [2.05, 4.69) is 4.74 Å². The first-order valence-corrected chi connectivity index (χ1v) is 4.66. The second-order valence-corrected chi connectivity index (χ2v) is 3.31. The molecule has 7 heteroatoms. The molecule has 0 radical (unpaired) electrons. The number of nitriles is 1. The molecule has 96 valence electrons. The summed E-state index contributed by atoms with van der Waals surface area (Å²) < 4.78 is 54.9. The van der Waals surface area contributed by atoms with Crippen LogP contribution in [0.2, 0.25) is 0 Å². The van der Waals surface area contributed by atoms with Gasteiger partial charge in [-0.25, -0.2) is 9.18 Å². The molecule has 1 aromatic rings. The molecule has 0 aliphatic heterocycles. The van der Waals surface area contributed by atoms with E-state index in [1.54, 1.807) is 6.07 Å². The van der Waals surface area contributed by atoms with Crippen LogP contribution in [0.3, 0.4) is 0 Å². The monoisotopic (exact) mass is 261 g/mol. The molecule has 0 spiro atoms. The first-order valence-electron chi connectivity index (χ1n) is 4.66. The molecular formula is C11H7F4NO2. The van der Waals surface area contributed by atoms with E-state index in [9.17, 15) is 22.4 Å². The summed E-state index contributed by atoms with van der Waals surface area (Å²) >= 11 is 0. The lowest BCUT2D eigenvalue weighted by Gasteiger charge is -2.12. The molecule has 0 unspecified atom stereocenters. The Balaban J connectivity index is 3.45. The summed E-state index contributed by atoms with van der Waals surface area (Å²) in [5.41, 5.74) is -2.12. The third-order valence-corrected chi connectivity index (χ3v) is 2.17. The number of alkyl halides is 3. The lowest BCUT2D eigenvalue weighted by atomic mass is 10.0. The van der Waals surface area contributed by atoms with E-state index >= 15 is 0 Å². The number of carbonyl (C=O) groups is 1. The molecule has 0 aliphatic rings. The van der Waals surface area contributed by atoms with Crippen molar-refractivity contribution in [2.45, 2.75) is 12.6 Å². The lowest BCUT2D eigenvalue weighted by molar-refractivity contribution is -0.140. The van der Waals surface area contributed by atoms with Crippen molar-refractivity contribution in [3.05, 3.63) is 34.6 Å². The Morgan fingerprint density at radius 2 is 2.06 bits per heavy atom. The molecule has 0 amide bonds. The maximum atomic E-state index is 13.3. The Morgan fingerprint density at radius 1 is 1.44 bits per heavy atom. The van der Waals surface area contributed by atoms with Gasteiger partial charge in [-0.3, -0.25) is 0 Å². The van der Waals surface area contributed by atoms with Crippen LogP contribution in [0.4, 0.5) is 17.6 Å². The summed E-state index contributed by atoms with van der Waals surface area (Å²) in [6.07, 6.45) is -5.34. The van der Waals surface area contributed by atoms with Gasteiger partial charge in [0.1, 0.15) is 5.82 Å². The molecule has 0 atom stereocenters. The number of ether oxygens (including phenoxy) is 1.